The number of aliphatic hydroxyl groups is 1. The van der Waals surface area contributed by atoms with Crippen molar-refractivity contribution in [3.05, 3.63) is 0 Å². The highest BCUT2D eigenvalue weighted by atomic mass is 16.3. The Morgan fingerprint density at radius 1 is 1.08 bits per heavy atom. The summed E-state index contributed by atoms with van der Waals surface area (Å²) in [7, 11) is 0. The van der Waals surface area contributed by atoms with Crippen LogP contribution < -0.4 is 10.6 Å². The molecule has 1 saturated heterocycles. The number of hydrogen-bond acceptors (Lipinski definition) is 3. The van der Waals surface area contributed by atoms with E-state index in [9.17, 15) is 5.11 Å². The van der Waals surface area contributed by atoms with Gasteiger partial charge in [-0.1, -0.05) is 25.7 Å². The first kappa shape index (κ1) is 18.0. The van der Waals surface area contributed by atoms with E-state index in [1.54, 1.807) is 0 Å². The Morgan fingerprint density at radius 2 is 1.75 bits per heavy atom. The number of likely N-dealkylation sites (tertiary alicyclic amines) is 1. The zero-order chi connectivity index (χ0) is 16.8. The number of piperidine rings is 1. The van der Waals surface area contributed by atoms with Crippen molar-refractivity contribution in [2.45, 2.75) is 88.8 Å². The Balaban J connectivity index is 1.46. The molecule has 1 aliphatic heterocycles. The largest absolute Gasteiger partial charge is 0.388 e. The van der Waals surface area contributed by atoms with Gasteiger partial charge in [-0.15, -0.1) is 0 Å². The number of rotatable bonds is 5. The topological polar surface area (TPSA) is 59.9 Å². The van der Waals surface area contributed by atoms with Crippen molar-refractivity contribution < 1.29 is 5.11 Å². The lowest BCUT2D eigenvalue weighted by Crippen LogP contribution is -2.50. The van der Waals surface area contributed by atoms with Gasteiger partial charge in [0.15, 0.2) is 5.96 Å². The third-order valence-electron chi connectivity index (χ3n) is 6.12. The van der Waals surface area contributed by atoms with E-state index in [2.05, 4.69) is 27.4 Å². The van der Waals surface area contributed by atoms with Gasteiger partial charge in [0.25, 0.3) is 0 Å². The number of nitrogens with one attached hydrogen (secondary N) is 2. The number of nitrogens with zero attached hydrogens (tertiary/aromatic N) is 2. The van der Waals surface area contributed by atoms with E-state index in [4.69, 9.17) is 0 Å². The second-order valence-corrected chi connectivity index (χ2v) is 8.02. The average molecular weight is 337 g/mol. The molecular weight excluding hydrogens is 300 g/mol. The summed E-state index contributed by atoms with van der Waals surface area (Å²) in [5.41, 5.74) is -0.561. The first-order chi connectivity index (χ1) is 11.7. The predicted molar refractivity (Wildman–Crippen MR) is 99.4 cm³/mol. The van der Waals surface area contributed by atoms with Gasteiger partial charge >= 0.3 is 0 Å². The van der Waals surface area contributed by atoms with Gasteiger partial charge in [-0.2, -0.15) is 0 Å². The molecular formula is C19H36N4O. The first-order valence-corrected chi connectivity index (χ1v) is 10.2. The highest BCUT2D eigenvalue weighted by molar-refractivity contribution is 5.80. The van der Waals surface area contributed by atoms with E-state index in [1.165, 1.54) is 51.6 Å². The van der Waals surface area contributed by atoms with E-state index in [0.717, 1.165) is 44.2 Å². The second kappa shape index (κ2) is 8.52. The maximum absolute atomic E-state index is 10.5. The Hall–Kier alpha value is -0.810. The molecule has 2 aliphatic carbocycles. The molecule has 138 valence electrons. The monoisotopic (exact) mass is 336 g/mol. The van der Waals surface area contributed by atoms with E-state index >= 15 is 0 Å². The van der Waals surface area contributed by atoms with Crippen molar-refractivity contribution in [1.82, 2.24) is 15.5 Å². The van der Waals surface area contributed by atoms with Crippen LogP contribution in [0.5, 0.6) is 0 Å². The molecule has 0 aromatic carbocycles. The molecule has 0 atom stereocenters. The predicted octanol–water partition coefficient (Wildman–Crippen LogP) is 2.25. The van der Waals surface area contributed by atoms with Crippen LogP contribution in [0.15, 0.2) is 4.99 Å². The van der Waals surface area contributed by atoms with Gasteiger partial charge in [0.05, 0.1) is 12.1 Å². The summed E-state index contributed by atoms with van der Waals surface area (Å²) in [6, 6.07) is 1.36. The average Bonchev–Trinajstić information content (AvgIpc) is 3.26. The van der Waals surface area contributed by atoms with E-state index in [-0.39, 0.29) is 0 Å². The number of guanidine groups is 1. The fourth-order valence-electron chi connectivity index (χ4n) is 4.61. The fourth-order valence-corrected chi connectivity index (χ4v) is 4.61. The molecule has 0 aromatic rings. The lowest BCUT2D eigenvalue weighted by atomic mass is 10.0. The van der Waals surface area contributed by atoms with Gasteiger partial charge in [0.1, 0.15) is 0 Å². The molecule has 0 spiro atoms. The van der Waals surface area contributed by atoms with Gasteiger partial charge < -0.3 is 20.6 Å². The van der Waals surface area contributed by atoms with E-state index in [0.29, 0.717) is 12.6 Å². The van der Waals surface area contributed by atoms with Crippen molar-refractivity contribution in [3.63, 3.8) is 0 Å². The summed E-state index contributed by atoms with van der Waals surface area (Å²) in [5, 5.41) is 17.5. The SMILES string of the molecule is CCNC(=NCC1(O)CCCC1)NC1CCN(C2CCCC2)CC1. The molecule has 0 bridgehead atoms. The maximum atomic E-state index is 10.5. The fraction of sp³-hybridized carbons (Fsp3) is 0.947. The van der Waals surface area contributed by atoms with Crippen molar-refractivity contribution in [2.75, 3.05) is 26.2 Å². The molecule has 0 amide bonds. The molecule has 2 saturated carbocycles. The molecule has 0 aromatic heterocycles. The Kier molecular flexibility index (Phi) is 6.39. The first-order valence-electron chi connectivity index (χ1n) is 10.2. The molecule has 3 rings (SSSR count). The summed E-state index contributed by atoms with van der Waals surface area (Å²) >= 11 is 0. The quantitative estimate of drug-likeness (QED) is 0.532. The van der Waals surface area contributed by atoms with Crippen LogP contribution in [0.25, 0.3) is 0 Å². The molecule has 1 heterocycles. The third kappa shape index (κ3) is 4.85. The zero-order valence-corrected chi connectivity index (χ0v) is 15.4. The third-order valence-corrected chi connectivity index (χ3v) is 6.12. The molecule has 3 aliphatic rings. The molecule has 5 heteroatoms. The van der Waals surface area contributed by atoms with Crippen molar-refractivity contribution >= 4 is 5.96 Å². The van der Waals surface area contributed by atoms with Crippen LogP contribution in [0, 0.1) is 0 Å². The Morgan fingerprint density at radius 3 is 2.38 bits per heavy atom. The van der Waals surface area contributed by atoms with Crippen LogP contribution in [0.4, 0.5) is 0 Å². The minimum atomic E-state index is -0.561. The van der Waals surface area contributed by atoms with Crippen molar-refractivity contribution in [2.24, 2.45) is 4.99 Å². The summed E-state index contributed by atoms with van der Waals surface area (Å²) in [5.74, 6) is 0.886. The zero-order valence-electron chi connectivity index (χ0n) is 15.4. The molecule has 5 nitrogen and oxygen atoms in total. The number of hydrogen-bond donors (Lipinski definition) is 3. The van der Waals surface area contributed by atoms with Crippen LogP contribution in [0.2, 0.25) is 0 Å². The minimum absolute atomic E-state index is 0.513. The van der Waals surface area contributed by atoms with Crippen LogP contribution in [0.3, 0.4) is 0 Å². The van der Waals surface area contributed by atoms with Crippen LogP contribution >= 0.6 is 0 Å². The van der Waals surface area contributed by atoms with Gasteiger partial charge in [0.2, 0.25) is 0 Å². The lowest BCUT2D eigenvalue weighted by molar-refractivity contribution is 0.0573. The molecule has 0 radical (unpaired) electrons. The summed E-state index contributed by atoms with van der Waals surface area (Å²) in [6.45, 7) is 5.93. The van der Waals surface area contributed by atoms with Gasteiger partial charge in [-0.05, 0) is 45.4 Å². The minimum Gasteiger partial charge on any atom is -0.388 e. The number of aliphatic imine (C=N–C) groups is 1. The molecule has 0 unspecified atom stereocenters. The summed E-state index contributed by atoms with van der Waals surface area (Å²) < 4.78 is 0. The Bertz CT molecular complexity index is 406. The van der Waals surface area contributed by atoms with E-state index in [1.807, 2.05) is 0 Å². The molecule has 24 heavy (non-hydrogen) atoms. The van der Waals surface area contributed by atoms with Gasteiger partial charge in [-0.3, -0.25) is 4.99 Å². The van der Waals surface area contributed by atoms with Gasteiger partial charge in [0, 0.05) is 31.7 Å². The van der Waals surface area contributed by atoms with Gasteiger partial charge in [-0.25, -0.2) is 0 Å². The molecule has 3 fully saturated rings. The van der Waals surface area contributed by atoms with Crippen LogP contribution in [0.1, 0.15) is 71.1 Å². The maximum Gasteiger partial charge on any atom is 0.191 e. The van der Waals surface area contributed by atoms with E-state index < -0.39 is 5.60 Å². The van der Waals surface area contributed by atoms with Crippen LogP contribution in [-0.2, 0) is 0 Å². The van der Waals surface area contributed by atoms with Crippen LogP contribution in [-0.4, -0.2) is 59.8 Å². The normalized spacial score (nSPS) is 26.8. The molecule has 3 N–H and O–H groups in total. The Labute approximate surface area is 147 Å². The van der Waals surface area contributed by atoms with Crippen molar-refractivity contribution in [1.29, 1.82) is 0 Å². The summed E-state index contributed by atoms with van der Waals surface area (Å²) in [4.78, 5) is 7.39. The standard InChI is InChI=1S/C19H36N4O/c1-2-20-18(21-15-19(24)11-5-6-12-19)22-16-9-13-23(14-10-16)17-7-3-4-8-17/h16-17,24H,2-15H2,1H3,(H2,20,21,22). The summed E-state index contributed by atoms with van der Waals surface area (Å²) in [6.07, 6.45) is 12.1. The lowest BCUT2D eigenvalue weighted by Gasteiger charge is -2.36. The highest BCUT2D eigenvalue weighted by Gasteiger charge is 2.31. The highest BCUT2D eigenvalue weighted by Crippen LogP contribution is 2.29. The van der Waals surface area contributed by atoms with Crippen molar-refractivity contribution in [3.8, 4) is 0 Å². The smallest absolute Gasteiger partial charge is 0.191 e. The second-order valence-electron chi connectivity index (χ2n) is 8.02.